The molecule has 0 fully saturated rings. The van der Waals surface area contributed by atoms with Crippen molar-refractivity contribution in [3.8, 4) is 0 Å². The third-order valence-corrected chi connectivity index (χ3v) is 2.17. The van der Waals surface area contributed by atoms with Gasteiger partial charge in [0, 0.05) is 12.7 Å². The smallest absolute Gasteiger partial charge is 0.0588 e. The van der Waals surface area contributed by atoms with Crippen LogP contribution in [-0.2, 0) is 0 Å². The van der Waals surface area contributed by atoms with Crippen molar-refractivity contribution in [3.05, 3.63) is 36.1 Å². The molecule has 0 heterocycles. The Bertz CT molecular complexity index is 214. The summed E-state index contributed by atoms with van der Waals surface area (Å²) in [5.41, 5.74) is 1.24. The number of halogens is 1. The Morgan fingerprint density at radius 3 is 2.82 bits per heavy atom. The molecule has 0 saturated carbocycles. The first kappa shape index (κ1) is 8.84. The second-order valence-corrected chi connectivity index (χ2v) is 4.12. The summed E-state index contributed by atoms with van der Waals surface area (Å²) in [6, 6.07) is 0. The Labute approximate surface area is 82.0 Å². The van der Waals surface area contributed by atoms with Crippen molar-refractivity contribution in [1.82, 2.24) is 3.11 Å². The molecule has 1 aliphatic carbocycles. The molecule has 11 heavy (non-hydrogen) atoms. The first-order chi connectivity index (χ1) is 5.20. The number of hydrogen-bond acceptors (Lipinski definition) is 1. The maximum absolute atomic E-state index is 2.27. The fourth-order valence-electron chi connectivity index (χ4n) is 0.905. The van der Waals surface area contributed by atoms with Crippen molar-refractivity contribution in [1.29, 1.82) is 0 Å². The van der Waals surface area contributed by atoms with Gasteiger partial charge in [0.1, 0.15) is 0 Å². The van der Waals surface area contributed by atoms with Gasteiger partial charge in [-0.1, -0.05) is 25.2 Å². The lowest BCUT2D eigenvalue weighted by Gasteiger charge is -2.08. The van der Waals surface area contributed by atoms with Crippen LogP contribution in [0.1, 0.15) is 6.92 Å². The lowest BCUT2D eigenvalue weighted by molar-refractivity contribution is 0.782. The molecular formula is C9H12IN. The van der Waals surface area contributed by atoms with Crippen LogP contribution in [0.4, 0.5) is 0 Å². The highest BCUT2D eigenvalue weighted by Gasteiger charge is 1.98. The molecule has 1 aliphatic rings. The Hall–Kier alpha value is -0.250. The maximum atomic E-state index is 2.27. The Morgan fingerprint density at radius 2 is 2.18 bits per heavy atom. The topological polar surface area (TPSA) is 3.24 Å². The molecule has 0 saturated heterocycles. The van der Waals surface area contributed by atoms with Crippen LogP contribution in [-0.4, -0.2) is 10.2 Å². The molecule has 60 valence electrons. The summed E-state index contributed by atoms with van der Waals surface area (Å²) in [5.74, 6) is 0.556. The third-order valence-electron chi connectivity index (χ3n) is 1.61. The van der Waals surface area contributed by atoms with Gasteiger partial charge in [0.2, 0.25) is 0 Å². The van der Waals surface area contributed by atoms with E-state index in [2.05, 4.69) is 63.3 Å². The standard InChI is InChI=1S/C9H12IN/c1-8-4-3-5-9(7-6-8)11(2)10/h3-8H,1-2H3. The molecule has 0 bridgehead atoms. The van der Waals surface area contributed by atoms with Crippen LogP contribution in [0.3, 0.4) is 0 Å². The molecule has 0 spiro atoms. The van der Waals surface area contributed by atoms with Crippen molar-refractivity contribution < 1.29 is 0 Å². The summed E-state index contributed by atoms with van der Waals surface area (Å²) < 4.78 is 2.08. The number of nitrogens with zero attached hydrogens (tertiary/aromatic N) is 1. The highest BCUT2D eigenvalue weighted by atomic mass is 127. The van der Waals surface area contributed by atoms with Crippen LogP contribution >= 0.6 is 22.9 Å². The van der Waals surface area contributed by atoms with Crippen LogP contribution in [0.2, 0.25) is 0 Å². The van der Waals surface area contributed by atoms with E-state index in [0.29, 0.717) is 5.92 Å². The average molecular weight is 261 g/mol. The highest BCUT2D eigenvalue weighted by Crippen LogP contribution is 2.14. The monoisotopic (exact) mass is 261 g/mol. The first-order valence-electron chi connectivity index (χ1n) is 3.66. The van der Waals surface area contributed by atoms with E-state index in [1.807, 2.05) is 7.05 Å². The summed E-state index contributed by atoms with van der Waals surface area (Å²) in [4.78, 5) is 0. The first-order valence-corrected chi connectivity index (χ1v) is 4.63. The highest BCUT2D eigenvalue weighted by molar-refractivity contribution is 14.1. The Morgan fingerprint density at radius 1 is 1.45 bits per heavy atom. The molecule has 1 nitrogen and oxygen atoms in total. The normalized spacial score (nSPS) is 22.8. The maximum Gasteiger partial charge on any atom is 0.0588 e. The van der Waals surface area contributed by atoms with Gasteiger partial charge in [-0.05, 0) is 18.1 Å². The molecule has 1 atom stereocenters. The van der Waals surface area contributed by atoms with Gasteiger partial charge in [0.05, 0.1) is 22.9 Å². The van der Waals surface area contributed by atoms with E-state index in [4.69, 9.17) is 0 Å². The predicted molar refractivity (Wildman–Crippen MR) is 57.3 cm³/mol. The molecular weight excluding hydrogens is 249 g/mol. The summed E-state index contributed by atoms with van der Waals surface area (Å²) in [7, 11) is 2.04. The minimum atomic E-state index is 0.556. The van der Waals surface area contributed by atoms with Gasteiger partial charge in [0.25, 0.3) is 0 Å². The van der Waals surface area contributed by atoms with Gasteiger partial charge in [-0.2, -0.15) is 0 Å². The molecule has 0 radical (unpaired) electrons. The van der Waals surface area contributed by atoms with Crippen LogP contribution < -0.4 is 0 Å². The Kier molecular flexibility index (Phi) is 3.17. The lowest BCUT2D eigenvalue weighted by Crippen LogP contribution is -1.99. The van der Waals surface area contributed by atoms with Crippen LogP contribution in [0, 0.1) is 5.92 Å². The third kappa shape index (κ3) is 2.69. The second-order valence-electron chi connectivity index (χ2n) is 2.67. The van der Waals surface area contributed by atoms with Crippen LogP contribution in [0.5, 0.6) is 0 Å². The summed E-state index contributed by atoms with van der Waals surface area (Å²) in [6.07, 6.45) is 10.8. The molecule has 0 aromatic carbocycles. The van der Waals surface area contributed by atoms with E-state index in [1.54, 1.807) is 0 Å². The molecule has 0 amide bonds. The van der Waals surface area contributed by atoms with E-state index >= 15 is 0 Å². The molecule has 1 rings (SSSR count). The SMILES string of the molecule is CC1C=CC=C(N(C)I)C=C1. The van der Waals surface area contributed by atoms with Crippen molar-refractivity contribution in [3.63, 3.8) is 0 Å². The quantitative estimate of drug-likeness (QED) is 0.518. The van der Waals surface area contributed by atoms with E-state index in [-0.39, 0.29) is 0 Å². The minimum Gasteiger partial charge on any atom is -0.318 e. The van der Waals surface area contributed by atoms with Gasteiger partial charge in [-0.25, -0.2) is 0 Å². The Balaban J connectivity index is 2.76. The zero-order chi connectivity index (χ0) is 8.27. The van der Waals surface area contributed by atoms with Crippen molar-refractivity contribution in [2.24, 2.45) is 5.92 Å². The summed E-state index contributed by atoms with van der Waals surface area (Å²) in [5, 5.41) is 0. The largest absolute Gasteiger partial charge is 0.318 e. The zero-order valence-electron chi connectivity index (χ0n) is 6.79. The summed E-state index contributed by atoms with van der Waals surface area (Å²) in [6.45, 7) is 2.18. The van der Waals surface area contributed by atoms with Crippen molar-refractivity contribution in [2.45, 2.75) is 6.92 Å². The zero-order valence-corrected chi connectivity index (χ0v) is 8.95. The number of allylic oxidation sites excluding steroid dienone is 5. The van der Waals surface area contributed by atoms with Gasteiger partial charge in [-0.15, -0.1) is 0 Å². The molecule has 1 unspecified atom stereocenters. The number of hydrogen-bond donors (Lipinski definition) is 0. The number of likely N-dealkylation sites (N-methyl/N-ethyl adjacent to an activating group) is 1. The molecule has 0 aliphatic heterocycles. The van der Waals surface area contributed by atoms with E-state index in [0.717, 1.165) is 0 Å². The molecule has 0 aromatic rings. The van der Waals surface area contributed by atoms with Gasteiger partial charge >= 0.3 is 0 Å². The molecule has 2 heteroatoms. The number of rotatable bonds is 1. The second kappa shape index (κ2) is 3.95. The van der Waals surface area contributed by atoms with Crippen LogP contribution in [0.25, 0.3) is 0 Å². The van der Waals surface area contributed by atoms with Gasteiger partial charge in [-0.3, -0.25) is 0 Å². The van der Waals surface area contributed by atoms with Crippen molar-refractivity contribution >= 4 is 22.9 Å². The van der Waals surface area contributed by atoms with E-state index < -0.39 is 0 Å². The minimum absolute atomic E-state index is 0.556. The van der Waals surface area contributed by atoms with Gasteiger partial charge < -0.3 is 3.11 Å². The fourth-order valence-corrected chi connectivity index (χ4v) is 1.23. The lowest BCUT2D eigenvalue weighted by atomic mass is 10.2. The van der Waals surface area contributed by atoms with Gasteiger partial charge in [0.15, 0.2) is 0 Å². The fraction of sp³-hybridized carbons (Fsp3) is 0.333. The van der Waals surface area contributed by atoms with E-state index in [9.17, 15) is 0 Å². The molecule has 0 N–H and O–H groups in total. The average Bonchev–Trinajstić information content (AvgIpc) is 2.13. The predicted octanol–water partition coefficient (Wildman–Crippen LogP) is 2.91. The van der Waals surface area contributed by atoms with E-state index in [1.165, 1.54) is 5.70 Å². The van der Waals surface area contributed by atoms with Crippen LogP contribution in [0.15, 0.2) is 36.1 Å². The summed E-state index contributed by atoms with van der Waals surface area (Å²) >= 11 is 2.27. The van der Waals surface area contributed by atoms with Crippen molar-refractivity contribution in [2.75, 3.05) is 7.05 Å². The molecule has 0 aromatic heterocycles.